The molecular formula is C18H16Cl2N2O. The average Bonchev–Trinajstić information content (AvgIpc) is 2.54. The quantitative estimate of drug-likeness (QED) is 0.727. The van der Waals surface area contributed by atoms with Gasteiger partial charge in [0.15, 0.2) is 0 Å². The van der Waals surface area contributed by atoms with E-state index in [0.29, 0.717) is 16.6 Å². The molecule has 0 saturated heterocycles. The SMILES string of the molecule is COc1ccc2nc(-c3ccc(Cl)cc3Cl)c(CN)c(C)c2c1. The first-order chi connectivity index (χ1) is 11.0. The number of aryl methyl sites for hydroxylation is 1. The first-order valence-electron chi connectivity index (χ1n) is 7.18. The topological polar surface area (TPSA) is 48.1 Å². The van der Waals surface area contributed by atoms with E-state index in [4.69, 9.17) is 38.7 Å². The Bertz CT molecular complexity index is 894. The molecule has 0 fully saturated rings. The van der Waals surface area contributed by atoms with Crippen molar-refractivity contribution in [1.82, 2.24) is 4.98 Å². The normalized spacial score (nSPS) is 11.0. The molecule has 118 valence electrons. The van der Waals surface area contributed by atoms with E-state index in [1.165, 1.54) is 0 Å². The van der Waals surface area contributed by atoms with Crippen molar-refractivity contribution in [3.8, 4) is 17.0 Å². The Morgan fingerprint density at radius 1 is 1.13 bits per heavy atom. The zero-order valence-corrected chi connectivity index (χ0v) is 14.4. The van der Waals surface area contributed by atoms with E-state index in [2.05, 4.69) is 0 Å². The van der Waals surface area contributed by atoms with Crippen molar-refractivity contribution in [1.29, 1.82) is 0 Å². The van der Waals surface area contributed by atoms with Gasteiger partial charge in [-0.05, 0) is 54.4 Å². The summed E-state index contributed by atoms with van der Waals surface area (Å²) < 4.78 is 5.30. The van der Waals surface area contributed by atoms with Gasteiger partial charge < -0.3 is 10.5 Å². The minimum atomic E-state index is 0.375. The van der Waals surface area contributed by atoms with Crippen molar-refractivity contribution < 1.29 is 4.74 Å². The molecule has 1 aromatic heterocycles. The van der Waals surface area contributed by atoms with Crippen molar-refractivity contribution >= 4 is 34.1 Å². The summed E-state index contributed by atoms with van der Waals surface area (Å²) >= 11 is 12.4. The smallest absolute Gasteiger partial charge is 0.119 e. The molecule has 3 rings (SSSR count). The molecule has 0 unspecified atom stereocenters. The monoisotopic (exact) mass is 346 g/mol. The summed E-state index contributed by atoms with van der Waals surface area (Å²) in [5, 5.41) is 2.18. The van der Waals surface area contributed by atoms with Gasteiger partial charge in [0.25, 0.3) is 0 Å². The van der Waals surface area contributed by atoms with Crippen LogP contribution in [0.15, 0.2) is 36.4 Å². The molecule has 3 aromatic rings. The van der Waals surface area contributed by atoms with Crippen molar-refractivity contribution in [2.24, 2.45) is 5.73 Å². The van der Waals surface area contributed by atoms with Gasteiger partial charge in [0.05, 0.1) is 23.3 Å². The van der Waals surface area contributed by atoms with Gasteiger partial charge in [0, 0.05) is 22.5 Å². The standard InChI is InChI=1S/C18H16Cl2N2O/c1-10-14-8-12(23-2)4-6-17(14)22-18(15(10)9-21)13-5-3-11(19)7-16(13)20/h3-8H,9,21H2,1-2H3. The second kappa shape index (κ2) is 6.36. The highest BCUT2D eigenvalue weighted by Gasteiger charge is 2.15. The van der Waals surface area contributed by atoms with Gasteiger partial charge in [0.2, 0.25) is 0 Å². The Morgan fingerprint density at radius 2 is 1.91 bits per heavy atom. The molecule has 0 saturated carbocycles. The largest absolute Gasteiger partial charge is 0.497 e. The number of fused-ring (bicyclic) bond motifs is 1. The second-order valence-corrected chi connectivity index (χ2v) is 6.12. The average molecular weight is 347 g/mol. The lowest BCUT2D eigenvalue weighted by Gasteiger charge is -2.15. The van der Waals surface area contributed by atoms with Crippen LogP contribution in [0, 0.1) is 6.92 Å². The number of hydrogen-bond donors (Lipinski definition) is 1. The van der Waals surface area contributed by atoms with Crippen LogP contribution in [0.2, 0.25) is 10.0 Å². The zero-order chi connectivity index (χ0) is 16.6. The van der Waals surface area contributed by atoms with Gasteiger partial charge in [-0.2, -0.15) is 0 Å². The minimum absolute atomic E-state index is 0.375. The number of benzene rings is 2. The number of nitrogens with two attached hydrogens (primary N) is 1. The molecule has 2 aromatic carbocycles. The fourth-order valence-corrected chi connectivity index (χ4v) is 3.22. The Kier molecular flexibility index (Phi) is 4.44. The summed E-state index contributed by atoms with van der Waals surface area (Å²) in [5.74, 6) is 0.794. The molecule has 0 aliphatic heterocycles. The molecule has 1 heterocycles. The van der Waals surface area contributed by atoms with Crippen molar-refractivity contribution in [2.75, 3.05) is 7.11 Å². The number of rotatable bonds is 3. The molecule has 0 radical (unpaired) electrons. The Labute approximate surface area is 145 Å². The molecule has 0 spiro atoms. The maximum absolute atomic E-state index is 6.36. The number of aromatic nitrogens is 1. The van der Waals surface area contributed by atoms with Gasteiger partial charge in [0.1, 0.15) is 5.75 Å². The van der Waals surface area contributed by atoms with E-state index in [0.717, 1.165) is 39.0 Å². The maximum atomic E-state index is 6.36. The Hall–Kier alpha value is -1.81. The molecule has 0 bridgehead atoms. The number of ether oxygens (including phenoxy) is 1. The summed E-state index contributed by atoms with van der Waals surface area (Å²) in [6.45, 7) is 2.42. The number of hydrogen-bond acceptors (Lipinski definition) is 3. The lowest BCUT2D eigenvalue weighted by atomic mass is 9.97. The first kappa shape index (κ1) is 16.1. The number of methoxy groups -OCH3 is 1. The van der Waals surface area contributed by atoms with Gasteiger partial charge in [-0.3, -0.25) is 0 Å². The van der Waals surface area contributed by atoms with E-state index in [-0.39, 0.29) is 0 Å². The van der Waals surface area contributed by atoms with Crippen molar-refractivity contribution in [3.63, 3.8) is 0 Å². The third-order valence-corrected chi connectivity index (χ3v) is 4.52. The fourth-order valence-electron chi connectivity index (χ4n) is 2.72. The van der Waals surface area contributed by atoms with Crippen LogP contribution >= 0.6 is 23.2 Å². The summed E-state index contributed by atoms with van der Waals surface area (Å²) in [6.07, 6.45) is 0. The van der Waals surface area contributed by atoms with E-state index >= 15 is 0 Å². The number of halogens is 2. The van der Waals surface area contributed by atoms with Gasteiger partial charge in [-0.15, -0.1) is 0 Å². The zero-order valence-electron chi connectivity index (χ0n) is 12.9. The molecule has 0 aliphatic rings. The summed E-state index contributed by atoms with van der Waals surface area (Å²) in [7, 11) is 1.65. The highest BCUT2D eigenvalue weighted by atomic mass is 35.5. The molecule has 0 amide bonds. The van der Waals surface area contributed by atoms with Crippen LogP contribution in [0.5, 0.6) is 5.75 Å². The Balaban J connectivity index is 2.32. The lowest BCUT2D eigenvalue weighted by molar-refractivity contribution is 0.415. The van der Waals surface area contributed by atoms with Gasteiger partial charge in [-0.25, -0.2) is 4.98 Å². The highest BCUT2D eigenvalue weighted by Crippen LogP contribution is 2.35. The van der Waals surface area contributed by atoms with Crippen molar-refractivity contribution in [2.45, 2.75) is 13.5 Å². The third kappa shape index (κ3) is 2.88. The van der Waals surface area contributed by atoms with Crippen LogP contribution in [0.1, 0.15) is 11.1 Å². The molecule has 0 aliphatic carbocycles. The summed E-state index contributed by atoms with van der Waals surface area (Å²) in [5.41, 5.74) is 10.5. The van der Waals surface area contributed by atoms with Crippen LogP contribution in [0.3, 0.4) is 0 Å². The van der Waals surface area contributed by atoms with Crippen LogP contribution in [0.4, 0.5) is 0 Å². The third-order valence-electron chi connectivity index (χ3n) is 3.97. The highest BCUT2D eigenvalue weighted by molar-refractivity contribution is 6.36. The Morgan fingerprint density at radius 3 is 2.57 bits per heavy atom. The summed E-state index contributed by atoms with van der Waals surface area (Å²) in [4.78, 5) is 4.78. The lowest BCUT2D eigenvalue weighted by Crippen LogP contribution is -2.05. The van der Waals surface area contributed by atoms with Crippen LogP contribution in [-0.4, -0.2) is 12.1 Å². The summed E-state index contributed by atoms with van der Waals surface area (Å²) in [6, 6.07) is 11.2. The number of pyridine rings is 1. The minimum Gasteiger partial charge on any atom is -0.497 e. The van der Waals surface area contributed by atoms with Crippen LogP contribution in [0.25, 0.3) is 22.2 Å². The number of nitrogens with zero attached hydrogens (tertiary/aromatic N) is 1. The first-order valence-corrected chi connectivity index (χ1v) is 7.93. The molecule has 23 heavy (non-hydrogen) atoms. The molecular weight excluding hydrogens is 331 g/mol. The fraction of sp³-hybridized carbons (Fsp3) is 0.167. The second-order valence-electron chi connectivity index (χ2n) is 5.28. The van der Waals surface area contributed by atoms with Gasteiger partial charge >= 0.3 is 0 Å². The van der Waals surface area contributed by atoms with Crippen molar-refractivity contribution in [3.05, 3.63) is 57.6 Å². The van der Waals surface area contributed by atoms with Crippen LogP contribution in [-0.2, 0) is 6.54 Å². The molecule has 3 nitrogen and oxygen atoms in total. The molecule has 5 heteroatoms. The van der Waals surface area contributed by atoms with E-state index < -0.39 is 0 Å². The van der Waals surface area contributed by atoms with E-state index in [9.17, 15) is 0 Å². The predicted octanol–water partition coefficient (Wildman–Crippen LogP) is 4.98. The van der Waals surface area contributed by atoms with E-state index in [1.807, 2.05) is 31.2 Å². The van der Waals surface area contributed by atoms with E-state index in [1.54, 1.807) is 19.2 Å². The molecule has 2 N–H and O–H groups in total. The van der Waals surface area contributed by atoms with Crippen LogP contribution < -0.4 is 10.5 Å². The predicted molar refractivity (Wildman–Crippen MR) is 96.4 cm³/mol. The van der Waals surface area contributed by atoms with Gasteiger partial charge in [-0.1, -0.05) is 23.2 Å². The molecule has 0 atom stereocenters. The maximum Gasteiger partial charge on any atom is 0.119 e.